The third kappa shape index (κ3) is 5.88. The van der Waals surface area contributed by atoms with Crippen LogP contribution in [0.3, 0.4) is 0 Å². The van der Waals surface area contributed by atoms with Gasteiger partial charge < -0.3 is 19.2 Å². The number of amides is 1. The molecule has 168 valence electrons. The lowest BCUT2D eigenvalue weighted by atomic mass is 10.1. The van der Waals surface area contributed by atoms with Crippen LogP contribution in [0.1, 0.15) is 37.8 Å². The molecule has 32 heavy (non-hydrogen) atoms. The van der Waals surface area contributed by atoms with Gasteiger partial charge in [0, 0.05) is 17.5 Å². The highest BCUT2D eigenvalue weighted by atomic mass is 35.5. The van der Waals surface area contributed by atoms with E-state index in [4.69, 9.17) is 25.5 Å². The van der Waals surface area contributed by atoms with E-state index in [2.05, 4.69) is 5.32 Å². The predicted molar refractivity (Wildman–Crippen MR) is 121 cm³/mol. The first-order valence-electron chi connectivity index (χ1n) is 10.4. The first-order valence-corrected chi connectivity index (χ1v) is 10.7. The van der Waals surface area contributed by atoms with E-state index in [1.165, 1.54) is 12.1 Å². The number of fused-ring (bicyclic) bond motifs is 1. The molecule has 1 heterocycles. The van der Waals surface area contributed by atoms with E-state index in [9.17, 15) is 14.4 Å². The molecule has 7 nitrogen and oxygen atoms in total. The Labute approximate surface area is 190 Å². The zero-order chi connectivity index (χ0) is 23.1. The summed E-state index contributed by atoms with van der Waals surface area (Å²) in [4.78, 5) is 36.6. The molecule has 1 amide bonds. The van der Waals surface area contributed by atoms with Crippen LogP contribution in [-0.2, 0) is 22.6 Å². The molecule has 0 fully saturated rings. The van der Waals surface area contributed by atoms with Gasteiger partial charge in [-0.25, -0.2) is 14.4 Å². The number of aryl methyl sites for hydroxylation is 1. The molecule has 0 spiro atoms. The predicted octanol–water partition coefficient (Wildman–Crippen LogP) is 5.01. The highest BCUT2D eigenvalue weighted by molar-refractivity contribution is 6.33. The van der Waals surface area contributed by atoms with Crippen LogP contribution in [0.5, 0.6) is 5.75 Å². The Morgan fingerprint density at radius 2 is 1.88 bits per heavy atom. The van der Waals surface area contributed by atoms with Crippen LogP contribution in [0.25, 0.3) is 11.0 Å². The van der Waals surface area contributed by atoms with Gasteiger partial charge in [-0.05, 0) is 30.0 Å². The second-order valence-electron chi connectivity index (χ2n) is 7.21. The topological polar surface area (TPSA) is 94.8 Å². The molecule has 1 unspecified atom stereocenters. The van der Waals surface area contributed by atoms with Crippen molar-refractivity contribution in [3.05, 3.63) is 75.1 Å². The minimum Gasteiger partial charge on any atom is -0.445 e. The van der Waals surface area contributed by atoms with Crippen LogP contribution < -0.4 is 15.7 Å². The molecule has 0 radical (unpaired) electrons. The molecule has 0 aliphatic carbocycles. The van der Waals surface area contributed by atoms with Crippen molar-refractivity contribution < 1.29 is 23.5 Å². The number of carbonyl (C=O) groups is 2. The fraction of sp³-hybridized carbons (Fsp3) is 0.292. The summed E-state index contributed by atoms with van der Waals surface area (Å²) >= 11 is 6.32. The van der Waals surface area contributed by atoms with Gasteiger partial charge in [0.1, 0.15) is 18.2 Å². The van der Waals surface area contributed by atoms with Crippen molar-refractivity contribution in [2.45, 2.75) is 45.8 Å². The van der Waals surface area contributed by atoms with Gasteiger partial charge in [0.05, 0.1) is 5.02 Å². The molecule has 8 heteroatoms. The number of hydrogen-bond acceptors (Lipinski definition) is 6. The number of rotatable bonds is 8. The fourth-order valence-corrected chi connectivity index (χ4v) is 3.40. The van der Waals surface area contributed by atoms with Crippen LogP contribution in [0.15, 0.2) is 57.7 Å². The third-order valence-electron chi connectivity index (χ3n) is 4.81. The zero-order valence-electron chi connectivity index (χ0n) is 17.9. The van der Waals surface area contributed by atoms with Crippen LogP contribution in [-0.4, -0.2) is 18.1 Å². The minimum absolute atomic E-state index is 0.0406. The number of nitrogens with one attached hydrogen (secondary N) is 1. The number of carbonyl (C=O) groups excluding carboxylic acids is 2. The standard InChI is InChI=1S/C24H24ClNO6/c1-3-8-16-11-22(27)31-20-13-21(18(25)12-17(16)20)32-23(28)19(4-2)26-24(29)30-14-15-9-6-5-7-10-15/h5-7,9-13,19H,3-4,8,14H2,1-2H3,(H,26,29). The SMILES string of the molecule is CCCc1cc(=O)oc2cc(OC(=O)C(CC)NC(=O)OCc3ccccc3)c(Cl)cc12. The van der Waals surface area contributed by atoms with Crippen molar-refractivity contribution >= 4 is 34.6 Å². The van der Waals surface area contributed by atoms with Crippen molar-refractivity contribution in [1.82, 2.24) is 5.32 Å². The average Bonchev–Trinajstić information content (AvgIpc) is 2.78. The highest BCUT2D eigenvalue weighted by Gasteiger charge is 2.23. The Hall–Kier alpha value is -3.32. The van der Waals surface area contributed by atoms with E-state index in [0.29, 0.717) is 11.8 Å². The monoisotopic (exact) mass is 457 g/mol. The molecule has 1 N–H and O–H groups in total. The van der Waals surface area contributed by atoms with Gasteiger partial charge in [0.25, 0.3) is 0 Å². The molecule has 0 aliphatic heterocycles. The van der Waals surface area contributed by atoms with Gasteiger partial charge in [-0.1, -0.05) is 62.2 Å². The Morgan fingerprint density at radius 3 is 2.56 bits per heavy atom. The van der Waals surface area contributed by atoms with Gasteiger partial charge in [0.15, 0.2) is 5.75 Å². The summed E-state index contributed by atoms with van der Waals surface area (Å²) < 4.78 is 15.8. The molecule has 1 atom stereocenters. The first kappa shape index (κ1) is 23.3. The second-order valence-corrected chi connectivity index (χ2v) is 7.61. The number of alkyl carbamates (subject to hydrolysis) is 1. The summed E-state index contributed by atoms with van der Waals surface area (Å²) in [6.45, 7) is 3.80. The summed E-state index contributed by atoms with van der Waals surface area (Å²) in [7, 11) is 0. The van der Waals surface area contributed by atoms with Crippen LogP contribution in [0.2, 0.25) is 5.02 Å². The maximum absolute atomic E-state index is 12.6. The van der Waals surface area contributed by atoms with Gasteiger partial charge in [-0.15, -0.1) is 0 Å². The zero-order valence-corrected chi connectivity index (χ0v) is 18.6. The van der Waals surface area contributed by atoms with E-state index >= 15 is 0 Å². The fourth-order valence-electron chi connectivity index (χ4n) is 3.20. The number of ether oxygens (including phenoxy) is 2. The van der Waals surface area contributed by atoms with Crippen molar-refractivity contribution in [2.24, 2.45) is 0 Å². The van der Waals surface area contributed by atoms with Gasteiger partial charge in [-0.2, -0.15) is 0 Å². The quantitative estimate of drug-likeness (QED) is 0.290. The Morgan fingerprint density at radius 1 is 1.12 bits per heavy atom. The van der Waals surface area contributed by atoms with E-state index < -0.39 is 23.7 Å². The number of hydrogen-bond donors (Lipinski definition) is 1. The lowest BCUT2D eigenvalue weighted by Crippen LogP contribution is -2.42. The third-order valence-corrected chi connectivity index (χ3v) is 5.11. The molecular weight excluding hydrogens is 434 g/mol. The summed E-state index contributed by atoms with van der Waals surface area (Å²) in [5, 5.41) is 3.38. The van der Waals surface area contributed by atoms with Gasteiger partial charge >= 0.3 is 17.7 Å². The average molecular weight is 458 g/mol. The van der Waals surface area contributed by atoms with Crippen molar-refractivity contribution in [1.29, 1.82) is 0 Å². The molecule has 3 aromatic rings. The second kappa shape index (κ2) is 10.8. The summed E-state index contributed by atoms with van der Waals surface area (Å²) in [6, 6.07) is 12.7. The van der Waals surface area contributed by atoms with Gasteiger partial charge in [-0.3, -0.25) is 0 Å². The smallest absolute Gasteiger partial charge is 0.408 e. The van der Waals surface area contributed by atoms with Crippen LogP contribution >= 0.6 is 11.6 Å². The van der Waals surface area contributed by atoms with E-state index in [1.54, 1.807) is 13.0 Å². The Kier molecular flexibility index (Phi) is 7.89. The maximum Gasteiger partial charge on any atom is 0.408 e. The van der Waals surface area contributed by atoms with Crippen molar-refractivity contribution in [3.63, 3.8) is 0 Å². The molecular formula is C24H24ClNO6. The number of halogens is 1. The molecule has 1 aromatic heterocycles. The molecule has 2 aromatic carbocycles. The summed E-state index contributed by atoms with van der Waals surface area (Å²) in [6.07, 6.45) is 1.07. The Balaban J connectivity index is 1.70. The lowest BCUT2D eigenvalue weighted by Gasteiger charge is -2.16. The van der Waals surface area contributed by atoms with Crippen molar-refractivity contribution in [3.8, 4) is 5.75 Å². The normalized spacial score (nSPS) is 11.7. The van der Waals surface area contributed by atoms with Crippen molar-refractivity contribution in [2.75, 3.05) is 0 Å². The molecule has 0 bridgehead atoms. The van der Waals surface area contributed by atoms with E-state index in [-0.39, 0.29) is 29.4 Å². The first-order chi connectivity index (χ1) is 15.4. The molecule has 3 rings (SSSR count). The molecule has 0 aliphatic rings. The highest BCUT2D eigenvalue weighted by Crippen LogP contribution is 2.32. The number of esters is 1. The summed E-state index contributed by atoms with van der Waals surface area (Å²) in [5.41, 5.74) is 1.42. The Bertz CT molecular complexity index is 1160. The molecule has 0 saturated heterocycles. The lowest BCUT2D eigenvalue weighted by molar-refractivity contribution is -0.136. The van der Waals surface area contributed by atoms with E-state index in [1.807, 2.05) is 37.3 Å². The maximum atomic E-state index is 12.6. The van der Waals surface area contributed by atoms with Gasteiger partial charge in [0.2, 0.25) is 0 Å². The number of benzene rings is 2. The van der Waals surface area contributed by atoms with Crippen LogP contribution in [0.4, 0.5) is 4.79 Å². The van der Waals surface area contributed by atoms with E-state index in [0.717, 1.165) is 17.5 Å². The molecule has 0 saturated carbocycles. The minimum atomic E-state index is -0.941. The van der Waals surface area contributed by atoms with Crippen LogP contribution in [0, 0.1) is 0 Å². The largest absolute Gasteiger partial charge is 0.445 e. The summed E-state index contributed by atoms with van der Waals surface area (Å²) in [5.74, 6) is -0.670.